The molecule has 2 aromatic heterocycles. The molecule has 0 amide bonds. The largest absolute Gasteiger partial charge is 0.396 e. The van der Waals surface area contributed by atoms with Crippen molar-refractivity contribution in [2.45, 2.75) is 0 Å². The first-order chi connectivity index (χ1) is 6.68. The molecule has 2 rings (SSSR count). The highest BCUT2D eigenvalue weighted by molar-refractivity contribution is 7.18. The fourth-order valence-corrected chi connectivity index (χ4v) is 1.94. The SMILES string of the molecule is CN(C)c1ncc(-c2[nH]ncc2N)s1. The molecule has 74 valence electrons. The normalized spacial score (nSPS) is 10.4. The lowest BCUT2D eigenvalue weighted by Gasteiger charge is -2.04. The maximum Gasteiger partial charge on any atom is 0.185 e. The Morgan fingerprint density at radius 3 is 2.71 bits per heavy atom. The van der Waals surface area contributed by atoms with Crippen LogP contribution in [0.15, 0.2) is 12.4 Å². The summed E-state index contributed by atoms with van der Waals surface area (Å²) in [4.78, 5) is 7.22. The van der Waals surface area contributed by atoms with E-state index >= 15 is 0 Å². The lowest BCUT2D eigenvalue weighted by Crippen LogP contribution is -2.07. The standard InChI is InChI=1S/C8H11N5S/c1-13(2)8-10-4-6(14-8)7-5(9)3-11-12-7/h3-4H,9H2,1-2H3,(H,11,12). The van der Waals surface area contributed by atoms with E-state index in [4.69, 9.17) is 5.73 Å². The summed E-state index contributed by atoms with van der Waals surface area (Å²) in [5, 5.41) is 7.67. The van der Waals surface area contributed by atoms with Crippen LogP contribution in [-0.2, 0) is 0 Å². The maximum absolute atomic E-state index is 5.73. The van der Waals surface area contributed by atoms with Gasteiger partial charge in [0.1, 0.15) is 0 Å². The van der Waals surface area contributed by atoms with Crippen molar-refractivity contribution >= 4 is 22.2 Å². The summed E-state index contributed by atoms with van der Waals surface area (Å²) in [6, 6.07) is 0. The summed E-state index contributed by atoms with van der Waals surface area (Å²) in [7, 11) is 3.91. The van der Waals surface area contributed by atoms with Gasteiger partial charge in [-0.25, -0.2) is 4.98 Å². The number of H-pyrrole nitrogens is 1. The molecule has 3 N–H and O–H groups in total. The molecule has 0 aliphatic rings. The minimum Gasteiger partial charge on any atom is -0.396 e. The van der Waals surface area contributed by atoms with E-state index in [0.29, 0.717) is 5.69 Å². The van der Waals surface area contributed by atoms with Crippen molar-refractivity contribution in [3.63, 3.8) is 0 Å². The minimum atomic E-state index is 0.652. The van der Waals surface area contributed by atoms with E-state index in [2.05, 4.69) is 15.2 Å². The molecule has 2 heterocycles. The number of nitrogen functional groups attached to an aromatic ring is 1. The van der Waals surface area contributed by atoms with Crippen molar-refractivity contribution in [3.8, 4) is 10.6 Å². The Morgan fingerprint density at radius 2 is 2.21 bits per heavy atom. The highest BCUT2D eigenvalue weighted by atomic mass is 32.1. The Morgan fingerprint density at radius 1 is 1.43 bits per heavy atom. The highest BCUT2D eigenvalue weighted by Gasteiger charge is 2.09. The molecule has 2 aromatic rings. The Labute approximate surface area is 85.6 Å². The lowest BCUT2D eigenvalue weighted by atomic mass is 10.3. The van der Waals surface area contributed by atoms with Gasteiger partial charge in [0.15, 0.2) is 5.13 Å². The number of nitrogens with one attached hydrogen (secondary N) is 1. The fourth-order valence-electron chi connectivity index (χ4n) is 1.08. The van der Waals surface area contributed by atoms with Gasteiger partial charge in [-0.15, -0.1) is 0 Å². The maximum atomic E-state index is 5.73. The third-order valence-electron chi connectivity index (χ3n) is 1.79. The molecule has 0 aliphatic carbocycles. The van der Waals surface area contributed by atoms with Crippen LogP contribution < -0.4 is 10.6 Å². The first-order valence-electron chi connectivity index (χ1n) is 4.11. The van der Waals surface area contributed by atoms with Gasteiger partial charge in [0.2, 0.25) is 0 Å². The Kier molecular flexibility index (Phi) is 2.12. The first-order valence-corrected chi connectivity index (χ1v) is 4.92. The molecular weight excluding hydrogens is 198 g/mol. The number of hydrogen-bond donors (Lipinski definition) is 2. The van der Waals surface area contributed by atoms with E-state index in [-0.39, 0.29) is 0 Å². The number of anilines is 2. The minimum absolute atomic E-state index is 0.652. The number of aromatic nitrogens is 3. The second-order valence-corrected chi connectivity index (χ2v) is 4.11. The smallest absolute Gasteiger partial charge is 0.185 e. The van der Waals surface area contributed by atoms with Gasteiger partial charge < -0.3 is 10.6 Å². The second kappa shape index (κ2) is 3.30. The molecule has 0 radical (unpaired) electrons. The molecule has 0 saturated carbocycles. The van der Waals surface area contributed by atoms with Gasteiger partial charge in [-0.3, -0.25) is 5.10 Å². The molecule has 14 heavy (non-hydrogen) atoms. The zero-order valence-electron chi connectivity index (χ0n) is 7.98. The summed E-state index contributed by atoms with van der Waals surface area (Å²) < 4.78 is 0. The van der Waals surface area contributed by atoms with Gasteiger partial charge in [-0.1, -0.05) is 11.3 Å². The van der Waals surface area contributed by atoms with Gasteiger partial charge in [0.25, 0.3) is 0 Å². The third kappa shape index (κ3) is 1.44. The molecule has 0 aliphatic heterocycles. The van der Waals surface area contributed by atoms with Gasteiger partial charge in [-0.05, 0) is 0 Å². The summed E-state index contributed by atoms with van der Waals surface area (Å²) in [6.07, 6.45) is 3.40. The van der Waals surface area contributed by atoms with E-state index in [1.807, 2.05) is 19.0 Å². The van der Waals surface area contributed by atoms with Crippen LogP contribution in [0.25, 0.3) is 10.6 Å². The zero-order valence-corrected chi connectivity index (χ0v) is 8.80. The average molecular weight is 209 g/mol. The number of nitrogens with zero attached hydrogens (tertiary/aromatic N) is 3. The van der Waals surface area contributed by atoms with Gasteiger partial charge in [0.05, 0.1) is 22.5 Å². The third-order valence-corrected chi connectivity index (χ3v) is 2.97. The van der Waals surface area contributed by atoms with E-state index in [0.717, 1.165) is 15.7 Å². The summed E-state index contributed by atoms with van der Waals surface area (Å²) in [5.41, 5.74) is 7.22. The molecule has 0 unspecified atom stereocenters. The number of hydrogen-bond acceptors (Lipinski definition) is 5. The molecule has 0 spiro atoms. The van der Waals surface area contributed by atoms with Gasteiger partial charge >= 0.3 is 0 Å². The van der Waals surface area contributed by atoms with E-state index in [1.165, 1.54) is 0 Å². The quantitative estimate of drug-likeness (QED) is 0.779. The van der Waals surface area contributed by atoms with Gasteiger partial charge in [0, 0.05) is 20.3 Å². The molecule has 6 heteroatoms. The second-order valence-electron chi connectivity index (χ2n) is 3.10. The molecule has 5 nitrogen and oxygen atoms in total. The van der Waals surface area contributed by atoms with E-state index in [9.17, 15) is 0 Å². The van der Waals surface area contributed by atoms with Crippen molar-refractivity contribution in [1.29, 1.82) is 0 Å². The van der Waals surface area contributed by atoms with Crippen LogP contribution >= 0.6 is 11.3 Å². The predicted octanol–water partition coefficient (Wildman–Crippen LogP) is 1.18. The molecular formula is C8H11N5S. The van der Waals surface area contributed by atoms with Crippen LogP contribution in [-0.4, -0.2) is 29.3 Å². The molecule has 0 fully saturated rings. The van der Waals surface area contributed by atoms with Crippen molar-refractivity contribution in [3.05, 3.63) is 12.4 Å². The number of thiazole rings is 1. The van der Waals surface area contributed by atoms with Crippen LogP contribution in [0.4, 0.5) is 10.8 Å². The predicted molar refractivity (Wildman–Crippen MR) is 58.4 cm³/mol. The number of rotatable bonds is 2. The van der Waals surface area contributed by atoms with Gasteiger partial charge in [-0.2, -0.15) is 5.10 Å². The topological polar surface area (TPSA) is 70.8 Å². The number of aromatic amines is 1. The lowest BCUT2D eigenvalue weighted by molar-refractivity contribution is 1.09. The van der Waals surface area contributed by atoms with E-state index in [1.54, 1.807) is 23.7 Å². The van der Waals surface area contributed by atoms with Crippen molar-refractivity contribution in [1.82, 2.24) is 15.2 Å². The molecule has 0 atom stereocenters. The highest BCUT2D eigenvalue weighted by Crippen LogP contribution is 2.31. The van der Waals surface area contributed by atoms with Crippen molar-refractivity contribution in [2.24, 2.45) is 0 Å². The summed E-state index contributed by atoms with van der Waals surface area (Å²) >= 11 is 1.58. The van der Waals surface area contributed by atoms with Crippen molar-refractivity contribution < 1.29 is 0 Å². The van der Waals surface area contributed by atoms with Crippen LogP contribution in [0.5, 0.6) is 0 Å². The summed E-state index contributed by atoms with van der Waals surface area (Å²) in [5.74, 6) is 0. The zero-order chi connectivity index (χ0) is 10.1. The van der Waals surface area contributed by atoms with E-state index < -0.39 is 0 Å². The van der Waals surface area contributed by atoms with Crippen LogP contribution in [0, 0.1) is 0 Å². The Hall–Kier alpha value is -1.56. The van der Waals surface area contributed by atoms with Crippen LogP contribution in [0.2, 0.25) is 0 Å². The Balaban J connectivity index is 2.39. The van der Waals surface area contributed by atoms with Crippen molar-refractivity contribution in [2.75, 3.05) is 24.7 Å². The average Bonchev–Trinajstić information content (AvgIpc) is 2.71. The number of nitrogens with two attached hydrogens (primary N) is 1. The molecule has 0 bridgehead atoms. The fraction of sp³-hybridized carbons (Fsp3) is 0.250. The molecule has 0 saturated heterocycles. The monoisotopic (exact) mass is 209 g/mol. The van der Waals surface area contributed by atoms with Crippen LogP contribution in [0.1, 0.15) is 0 Å². The van der Waals surface area contributed by atoms with Crippen LogP contribution in [0.3, 0.4) is 0 Å². The Bertz CT molecular complexity index is 430. The molecule has 0 aromatic carbocycles. The summed E-state index contributed by atoms with van der Waals surface area (Å²) in [6.45, 7) is 0. The first kappa shape index (κ1) is 9.01.